The summed E-state index contributed by atoms with van der Waals surface area (Å²) in [7, 11) is -3.87. The standard InChI is InChI=1S/C23H18ClN3O2S2/c1-15-9-10-16-13-18(23(24)25-19(16)12-15)21-14-20(22-8-5-11-30-22)26-27(21)31(28,29)17-6-3-2-4-7-17/h2-13,21H,14H2,1H3/t21-/m0/s1. The van der Waals surface area contributed by atoms with Crippen LogP contribution in [0.25, 0.3) is 10.9 Å². The van der Waals surface area contributed by atoms with Crippen molar-refractivity contribution in [2.75, 3.05) is 0 Å². The molecule has 0 saturated carbocycles. The maximum absolute atomic E-state index is 13.5. The van der Waals surface area contributed by atoms with Crippen molar-refractivity contribution in [3.8, 4) is 0 Å². The zero-order valence-corrected chi connectivity index (χ0v) is 19.0. The number of thiophene rings is 1. The molecule has 5 nitrogen and oxygen atoms in total. The van der Waals surface area contributed by atoms with E-state index in [0.29, 0.717) is 17.1 Å². The van der Waals surface area contributed by atoms with Gasteiger partial charge in [-0.25, -0.2) is 4.98 Å². The van der Waals surface area contributed by atoms with E-state index in [0.717, 1.165) is 27.1 Å². The Morgan fingerprint density at radius 2 is 1.87 bits per heavy atom. The van der Waals surface area contributed by atoms with Gasteiger partial charge in [0.2, 0.25) is 0 Å². The molecule has 1 aliphatic heterocycles. The number of hydrogen-bond acceptors (Lipinski definition) is 5. The third-order valence-corrected chi connectivity index (χ3v) is 8.20. The molecule has 0 aliphatic carbocycles. The van der Waals surface area contributed by atoms with Crippen LogP contribution in [0, 0.1) is 6.92 Å². The van der Waals surface area contributed by atoms with Crippen molar-refractivity contribution in [2.24, 2.45) is 5.10 Å². The summed E-state index contributed by atoms with van der Waals surface area (Å²) in [6.07, 6.45) is 0.422. The van der Waals surface area contributed by atoms with E-state index < -0.39 is 16.1 Å². The molecule has 0 spiro atoms. The van der Waals surface area contributed by atoms with Crippen molar-refractivity contribution >= 4 is 49.6 Å². The van der Waals surface area contributed by atoms with Crippen molar-refractivity contribution < 1.29 is 8.42 Å². The van der Waals surface area contributed by atoms with E-state index >= 15 is 0 Å². The molecule has 0 unspecified atom stereocenters. The van der Waals surface area contributed by atoms with Gasteiger partial charge in [-0.3, -0.25) is 0 Å². The number of aryl methyl sites for hydroxylation is 1. The Labute approximate surface area is 189 Å². The highest BCUT2D eigenvalue weighted by Crippen LogP contribution is 2.40. The fourth-order valence-corrected chi connectivity index (χ4v) is 6.18. The monoisotopic (exact) mass is 467 g/mol. The van der Waals surface area contributed by atoms with Gasteiger partial charge in [-0.2, -0.15) is 17.9 Å². The summed E-state index contributed by atoms with van der Waals surface area (Å²) < 4.78 is 28.2. The fourth-order valence-electron chi connectivity index (χ4n) is 3.74. The third kappa shape index (κ3) is 3.63. The van der Waals surface area contributed by atoms with Gasteiger partial charge in [0.25, 0.3) is 10.0 Å². The third-order valence-electron chi connectivity index (χ3n) is 5.28. The van der Waals surface area contributed by atoms with Gasteiger partial charge in [0.15, 0.2) is 0 Å². The van der Waals surface area contributed by atoms with Crippen molar-refractivity contribution in [2.45, 2.75) is 24.3 Å². The summed E-state index contributed by atoms with van der Waals surface area (Å²) in [6.45, 7) is 2.00. The molecule has 0 radical (unpaired) electrons. The molecular formula is C23H18ClN3O2S2. The lowest BCUT2D eigenvalue weighted by Gasteiger charge is -2.24. The molecular weight excluding hydrogens is 450 g/mol. The first kappa shape index (κ1) is 20.2. The Balaban J connectivity index is 1.66. The second-order valence-corrected chi connectivity index (χ2v) is 10.5. The summed E-state index contributed by atoms with van der Waals surface area (Å²) >= 11 is 8.12. The molecule has 0 saturated heterocycles. The zero-order chi connectivity index (χ0) is 21.6. The van der Waals surface area contributed by atoms with Crippen molar-refractivity contribution in [3.63, 3.8) is 0 Å². The van der Waals surface area contributed by atoms with Gasteiger partial charge in [0.1, 0.15) is 5.15 Å². The van der Waals surface area contributed by atoms with Gasteiger partial charge in [-0.1, -0.05) is 48.0 Å². The van der Waals surface area contributed by atoms with Crippen LogP contribution in [0.3, 0.4) is 0 Å². The number of fused-ring (bicyclic) bond motifs is 1. The summed E-state index contributed by atoms with van der Waals surface area (Å²) in [4.78, 5) is 5.69. The fraction of sp³-hybridized carbons (Fsp3) is 0.130. The Morgan fingerprint density at radius 1 is 1.06 bits per heavy atom. The van der Waals surface area contributed by atoms with E-state index in [1.54, 1.807) is 30.3 Å². The van der Waals surface area contributed by atoms with Crippen LogP contribution in [0.1, 0.15) is 28.5 Å². The average molecular weight is 468 g/mol. The summed E-state index contributed by atoms with van der Waals surface area (Å²) in [6, 6.07) is 19.5. The number of rotatable bonds is 4. The van der Waals surface area contributed by atoms with Crippen LogP contribution in [0.5, 0.6) is 0 Å². The molecule has 8 heteroatoms. The predicted molar refractivity (Wildman–Crippen MR) is 125 cm³/mol. The number of aromatic nitrogens is 1. The molecule has 4 aromatic rings. The molecule has 0 amide bonds. The quantitative estimate of drug-likeness (QED) is 0.356. The predicted octanol–water partition coefficient (Wildman–Crippen LogP) is 5.80. The topological polar surface area (TPSA) is 62.6 Å². The van der Waals surface area contributed by atoms with Gasteiger partial charge in [0.05, 0.1) is 27.0 Å². The molecule has 0 N–H and O–H groups in total. The summed E-state index contributed by atoms with van der Waals surface area (Å²) in [5, 5.41) is 7.71. The van der Waals surface area contributed by atoms with E-state index in [1.807, 2.05) is 48.7 Å². The highest BCUT2D eigenvalue weighted by Gasteiger charge is 2.39. The van der Waals surface area contributed by atoms with Crippen LogP contribution in [0.4, 0.5) is 0 Å². The van der Waals surface area contributed by atoms with E-state index in [4.69, 9.17) is 11.6 Å². The first-order chi connectivity index (χ1) is 14.9. The van der Waals surface area contributed by atoms with Crippen LogP contribution in [0.2, 0.25) is 5.15 Å². The first-order valence-corrected chi connectivity index (χ1v) is 12.4. The van der Waals surface area contributed by atoms with E-state index in [1.165, 1.54) is 15.8 Å². The minimum atomic E-state index is -3.87. The number of sulfonamides is 1. The van der Waals surface area contributed by atoms with Gasteiger partial charge >= 0.3 is 0 Å². The van der Waals surface area contributed by atoms with Gasteiger partial charge in [0, 0.05) is 17.4 Å². The van der Waals surface area contributed by atoms with Crippen LogP contribution in [-0.4, -0.2) is 23.5 Å². The average Bonchev–Trinajstić information content (AvgIpc) is 3.44. The Hall–Kier alpha value is -2.74. The molecule has 0 bridgehead atoms. The lowest BCUT2D eigenvalue weighted by atomic mass is 10.0. The van der Waals surface area contributed by atoms with E-state index in [-0.39, 0.29) is 4.90 Å². The highest BCUT2D eigenvalue weighted by molar-refractivity contribution is 7.89. The van der Waals surface area contributed by atoms with Crippen LogP contribution in [-0.2, 0) is 10.0 Å². The van der Waals surface area contributed by atoms with Crippen LogP contribution >= 0.6 is 22.9 Å². The normalized spacial score (nSPS) is 16.6. The molecule has 156 valence electrons. The molecule has 31 heavy (non-hydrogen) atoms. The van der Waals surface area contributed by atoms with Crippen molar-refractivity contribution in [1.82, 2.24) is 9.40 Å². The van der Waals surface area contributed by atoms with Crippen LogP contribution < -0.4 is 0 Å². The number of hydrazone groups is 1. The number of nitrogens with zero attached hydrogens (tertiary/aromatic N) is 3. The minimum absolute atomic E-state index is 0.191. The number of hydrogen-bond donors (Lipinski definition) is 0. The lowest BCUT2D eigenvalue weighted by Crippen LogP contribution is -2.27. The minimum Gasteiger partial charge on any atom is -0.236 e. The van der Waals surface area contributed by atoms with Crippen molar-refractivity contribution in [3.05, 3.63) is 93.3 Å². The molecule has 2 aromatic heterocycles. The molecule has 1 atom stereocenters. The maximum atomic E-state index is 13.5. The molecule has 0 fully saturated rings. The first-order valence-electron chi connectivity index (χ1n) is 9.71. The van der Waals surface area contributed by atoms with Gasteiger partial charge < -0.3 is 0 Å². The van der Waals surface area contributed by atoms with E-state index in [2.05, 4.69) is 10.1 Å². The smallest absolute Gasteiger partial charge is 0.236 e. The zero-order valence-electron chi connectivity index (χ0n) is 16.6. The number of benzene rings is 2. The second-order valence-electron chi connectivity index (χ2n) is 7.40. The Bertz CT molecular complexity index is 1400. The number of halogens is 1. The largest absolute Gasteiger partial charge is 0.279 e. The van der Waals surface area contributed by atoms with Crippen molar-refractivity contribution in [1.29, 1.82) is 0 Å². The lowest BCUT2D eigenvalue weighted by molar-refractivity contribution is 0.371. The molecule has 5 rings (SSSR count). The van der Waals surface area contributed by atoms with E-state index in [9.17, 15) is 8.42 Å². The molecule has 3 heterocycles. The molecule has 2 aromatic carbocycles. The summed E-state index contributed by atoms with van der Waals surface area (Å²) in [5.74, 6) is 0. The highest BCUT2D eigenvalue weighted by atomic mass is 35.5. The number of pyridine rings is 1. The maximum Gasteiger partial charge on any atom is 0.279 e. The SMILES string of the molecule is Cc1ccc2cc([C@@H]3CC(c4cccs4)=NN3S(=O)(=O)c3ccccc3)c(Cl)nc2c1. The second kappa shape index (κ2) is 7.75. The Kier molecular flexibility index (Phi) is 5.04. The molecule has 1 aliphatic rings. The van der Waals surface area contributed by atoms with Crippen LogP contribution in [0.15, 0.2) is 82.1 Å². The summed E-state index contributed by atoms with van der Waals surface area (Å²) in [5.41, 5.74) is 3.23. The van der Waals surface area contributed by atoms with Gasteiger partial charge in [-0.05, 0) is 48.2 Å². The van der Waals surface area contributed by atoms with Gasteiger partial charge in [-0.15, -0.1) is 11.3 Å². The Morgan fingerprint density at radius 3 is 2.61 bits per heavy atom.